The zero-order chi connectivity index (χ0) is 26.9. The number of nitrogens with zero attached hydrogens (tertiary/aromatic N) is 4. The molecule has 0 bridgehead atoms. The van der Waals surface area contributed by atoms with Gasteiger partial charge in [-0.25, -0.2) is 4.39 Å². The highest BCUT2D eigenvalue weighted by molar-refractivity contribution is 6.43. The number of rotatable bonds is 8. The molecule has 3 aliphatic heterocycles. The monoisotopic (exact) mass is 522 g/mol. The minimum Gasteiger partial charge on any atom is -0.489 e. The van der Waals surface area contributed by atoms with Gasteiger partial charge in [0.05, 0.1) is 5.41 Å². The zero-order valence-corrected chi connectivity index (χ0v) is 21.3. The minimum atomic E-state index is -1.12. The van der Waals surface area contributed by atoms with Gasteiger partial charge >= 0.3 is 5.97 Å². The van der Waals surface area contributed by atoms with Gasteiger partial charge in [0.2, 0.25) is 5.91 Å². The molecule has 2 aromatic rings. The first kappa shape index (κ1) is 25.8. The summed E-state index contributed by atoms with van der Waals surface area (Å²) in [7, 11) is 0. The number of ketones is 1. The molecular formula is C28H31FN4O5. The van der Waals surface area contributed by atoms with Gasteiger partial charge in [-0.15, -0.1) is 0 Å². The smallest absolute Gasteiger partial charge is 0.312 e. The number of carbonyl (C=O) groups excluding carboxylic acids is 2. The number of halogens is 1. The van der Waals surface area contributed by atoms with E-state index in [2.05, 4.69) is 4.90 Å². The summed E-state index contributed by atoms with van der Waals surface area (Å²) in [4.78, 5) is 39.8. The predicted molar refractivity (Wildman–Crippen MR) is 139 cm³/mol. The van der Waals surface area contributed by atoms with Gasteiger partial charge in [0, 0.05) is 39.2 Å². The van der Waals surface area contributed by atoms with Crippen molar-refractivity contribution < 1.29 is 28.6 Å². The largest absolute Gasteiger partial charge is 0.489 e. The molecule has 3 heterocycles. The van der Waals surface area contributed by atoms with Crippen molar-refractivity contribution in [2.75, 3.05) is 44.3 Å². The standard InChI is InChI=1S/C28H31FN4O5/c1-19(34)27-28(20-6-3-2-4-7-20,24-18-38-23-9-8-21(29)16-22(23)33(24)30-27)10-5-11-31-12-14-32(15-13-31)25(35)17-26(36)37/h2-4,6-9,16,24H,5,10-15,17-18H2,1H3,(H,36,37)/t24?,28-/m0/s1. The van der Waals surface area contributed by atoms with Crippen LogP contribution >= 0.6 is 0 Å². The number of carboxylic acid groups (broad SMARTS) is 1. The van der Waals surface area contributed by atoms with Crippen molar-refractivity contribution in [3.05, 3.63) is 59.9 Å². The number of piperazine rings is 1. The molecule has 200 valence electrons. The van der Waals surface area contributed by atoms with Gasteiger partial charge in [-0.05, 0) is 37.1 Å². The molecule has 0 aliphatic carbocycles. The Morgan fingerprint density at radius 1 is 1.11 bits per heavy atom. The molecule has 1 fully saturated rings. The zero-order valence-electron chi connectivity index (χ0n) is 21.3. The van der Waals surface area contributed by atoms with E-state index in [0.717, 1.165) is 18.5 Å². The van der Waals surface area contributed by atoms with E-state index in [-0.39, 0.29) is 17.7 Å². The third-order valence-corrected chi connectivity index (χ3v) is 7.75. The third kappa shape index (κ3) is 4.76. The van der Waals surface area contributed by atoms with Crippen LogP contribution in [0, 0.1) is 5.82 Å². The lowest BCUT2D eigenvalue weighted by Crippen LogP contribution is -2.54. The number of amides is 1. The molecule has 3 aliphatic rings. The van der Waals surface area contributed by atoms with Gasteiger partial charge in [-0.2, -0.15) is 5.10 Å². The summed E-state index contributed by atoms with van der Waals surface area (Å²) < 4.78 is 20.3. The van der Waals surface area contributed by atoms with Crippen LogP contribution in [0.25, 0.3) is 0 Å². The Bertz CT molecular complexity index is 1260. The van der Waals surface area contributed by atoms with Crippen molar-refractivity contribution in [3.8, 4) is 5.75 Å². The SMILES string of the molecule is CC(=O)C1=NN2c3cc(F)ccc3OCC2[C@]1(CCCN1CCN(C(=O)CC(=O)O)CC1)c1ccccc1. The summed E-state index contributed by atoms with van der Waals surface area (Å²) in [6, 6.07) is 13.9. The van der Waals surface area contributed by atoms with Crippen molar-refractivity contribution in [2.45, 2.75) is 37.6 Å². The number of ether oxygens (including phenoxy) is 1. The number of carboxylic acids is 1. The number of carbonyl (C=O) groups is 3. The number of hydrazone groups is 1. The van der Waals surface area contributed by atoms with Crippen molar-refractivity contribution in [3.63, 3.8) is 0 Å². The van der Waals surface area contributed by atoms with E-state index in [9.17, 15) is 18.8 Å². The highest BCUT2D eigenvalue weighted by atomic mass is 19.1. The summed E-state index contributed by atoms with van der Waals surface area (Å²) in [6.45, 7) is 4.87. The lowest BCUT2D eigenvalue weighted by Gasteiger charge is -2.42. The minimum absolute atomic E-state index is 0.133. The molecule has 9 nitrogen and oxygen atoms in total. The lowest BCUT2D eigenvalue weighted by atomic mass is 9.67. The summed E-state index contributed by atoms with van der Waals surface area (Å²) in [5, 5.41) is 15.4. The van der Waals surface area contributed by atoms with E-state index in [0.29, 0.717) is 56.4 Å². The Hall–Kier alpha value is -3.79. The topological polar surface area (TPSA) is 103 Å². The molecule has 0 aromatic heterocycles. The fraction of sp³-hybridized carbons (Fsp3) is 0.429. The Balaban J connectivity index is 1.37. The normalized spacial score (nSPS) is 22.8. The molecular weight excluding hydrogens is 491 g/mol. The van der Waals surface area contributed by atoms with Gasteiger partial charge in [0.15, 0.2) is 5.78 Å². The summed E-state index contributed by atoms with van der Waals surface area (Å²) >= 11 is 0. The molecule has 0 radical (unpaired) electrons. The number of fused-ring (bicyclic) bond motifs is 3. The Kier molecular flexibility index (Phi) is 7.16. The van der Waals surface area contributed by atoms with Gasteiger partial charge in [-0.1, -0.05) is 30.3 Å². The first-order valence-electron chi connectivity index (χ1n) is 12.9. The van der Waals surface area contributed by atoms with Gasteiger partial charge in [-0.3, -0.25) is 24.3 Å². The Labute approximate surface area is 220 Å². The van der Waals surface area contributed by atoms with Crippen LogP contribution in [-0.4, -0.2) is 83.7 Å². The van der Waals surface area contributed by atoms with Crippen LogP contribution in [0.5, 0.6) is 5.75 Å². The number of hydrogen-bond acceptors (Lipinski definition) is 7. The van der Waals surface area contributed by atoms with Crippen LogP contribution in [0.1, 0.15) is 31.7 Å². The van der Waals surface area contributed by atoms with E-state index in [4.69, 9.17) is 14.9 Å². The highest BCUT2D eigenvalue weighted by Crippen LogP contribution is 2.48. The van der Waals surface area contributed by atoms with E-state index < -0.39 is 23.6 Å². The average molecular weight is 523 g/mol. The fourth-order valence-electron chi connectivity index (χ4n) is 5.95. The van der Waals surface area contributed by atoms with Crippen LogP contribution in [0.2, 0.25) is 0 Å². The first-order valence-corrected chi connectivity index (χ1v) is 12.9. The second-order valence-corrected chi connectivity index (χ2v) is 10.0. The third-order valence-electron chi connectivity index (χ3n) is 7.75. The Morgan fingerprint density at radius 3 is 2.53 bits per heavy atom. The summed E-state index contributed by atoms with van der Waals surface area (Å²) in [5.41, 5.74) is 1.18. The summed E-state index contributed by atoms with van der Waals surface area (Å²) in [5.74, 6) is -1.47. The molecule has 2 atom stereocenters. The molecule has 0 saturated carbocycles. The van der Waals surface area contributed by atoms with Gasteiger partial charge in [0.1, 0.15) is 42.0 Å². The number of Topliss-reactive ketones (excluding diaryl/α,β-unsaturated/α-hetero) is 1. The number of anilines is 1. The van der Waals surface area contributed by atoms with Crippen LogP contribution in [0.4, 0.5) is 10.1 Å². The van der Waals surface area contributed by atoms with Gasteiger partial charge in [0.25, 0.3) is 0 Å². The van der Waals surface area contributed by atoms with Crippen LogP contribution in [0.15, 0.2) is 53.6 Å². The van der Waals surface area contributed by atoms with Crippen LogP contribution < -0.4 is 9.75 Å². The van der Waals surface area contributed by atoms with Crippen molar-refractivity contribution >= 4 is 29.1 Å². The number of benzene rings is 2. The van der Waals surface area contributed by atoms with Crippen molar-refractivity contribution in [1.29, 1.82) is 0 Å². The number of aliphatic carboxylic acids is 1. The first-order chi connectivity index (χ1) is 18.3. The molecule has 38 heavy (non-hydrogen) atoms. The molecule has 1 unspecified atom stereocenters. The number of hydrogen-bond donors (Lipinski definition) is 1. The average Bonchev–Trinajstić information content (AvgIpc) is 3.25. The second kappa shape index (κ2) is 10.5. The maximum Gasteiger partial charge on any atom is 0.312 e. The van der Waals surface area contributed by atoms with Crippen LogP contribution in [-0.2, 0) is 19.8 Å². The second-order valence-electron chi connectivity index (χ2n) is 10.0. The molecule has 1 amide bonds. The Morgan fingerprint density at radius 2 is 1.84 bits per heavy atom. The molecule has 1 saturated heterocycles. The van der Waals surface area contributed by atoms with E-state index >= 15 is 0 Å². The molecule has 5 rings (SSSR count). The molecule has 0 spiro atoms. The highest BCUT2D eigenvalue weighted by Gasteiger charge is 2.55. The van der Waals surface area contributed by atoms with E-state index in [1.807, 2.05) is 30.3 Å². The van der Waals surface area contributed by atoms with Crippen LogP contribution in [0.3, 0.4) is 0 Å². The molecule has 2 aromatic carbocycles. The van der Waals surface area contributed by atoms with E-state index in [1.165, 1.54) is 19.1 Å². The van der Waals surface area contributed by atoms with Crippen molar-refractivity contribution in [2.24, 2.45) is 5.10 Å². The maximum absolute atomic E-state index is 14.2. The van der Waals surface area contributed by atoms with Gasteiger partial charge < -0.3 is 14.7 Å². The fourth-order valence-corrected chi connectivity index (χ4v) is 5.95. The van der Waals surface area contributed by atoms with Crippen molar-refractivity contribution in [1.82, 2.24) is 9.80 Å². The molecule has 1 N–H and O–H groups in total. The lowest BCUT2D eigenvalue weighted by molar-refractivity contribution is -0.145. The molecule has 10 heteroatoms. The quantitative estimate of drug-likeness (QED) is 0.532. The predicted octanol–water partition coefficient (Wildman–Crippen LogP) is 2.69. The maximum atomic E-state index is 14.2. The van der Waals surface area contributed by atoms with E-state index in [1.54, 1.807) is 16.0 Å². The summed E-state index contributed by atoms with van der Waals surface area (Å²) in [6.07, 6.45) is 0.896.